The number of hydrogen-bond donors (Lipinski definition) is 1. The second-order valence-electron chi connectivity index (χ2n) is 8.31. The van der Waals surface area contributed by atoms with Gasteiger partial charge in [-0.2, -0.15) is 0 Å². The fourth-order valence-corrected chi connectivity index (χ4v) is 4.98. The van der Waals surface area contributed by atoms with Gasteiger partial charge in [-0.3, -0.25) is 9.89 Å². The number of piperazine rings is 1. The number of urea groups is 1. The summed E-state index contributed by atoms with van der Waals surface area (Å²) in [5.41, 5.74) is 2.63. The summed E-state index contributed by atoms with van der Waals surface area (Å²) in [6.45, 7) is 2.77. The Morgan fingerprint density at radius 1 is 0.824 bits per heavy atom. The first-order chi connectivity index (χ1) is 16.5. The summed E-state index contributed by atoms with van der Waals surface area (Å²) >= 11 is 19.0. The molecule has 2 heterocycles. The molecule has 1 saturated heterocycles. The van der Waals surface area contributed by atoms with Crippen LogP contribution in [0.3, 0.4) is 0 Å². The zero-order valence-corrected chi connectivity index (χ0v) is 20.6. The summed E-state index contributed by atoms with van der Waals surface area (Å²) < 4.78 is 0. The molecule has 2 aliphatic rings. The number of hydrogen-bond acceptors (Lipinski definition) is 3. The van der Waals surface area contributed by atoms with Crippen LogP contribution in [0, 0.1) is 0 Å². The predicted octanol–water partition coefficient (Wildman–Crippen LogP) is 6.22. The van der Waals surface area contributed by atoms with Crippen LogP contribution >= 0.6 is 34.8 Å². The van der Waals surface area contributed by atoms with Gasteiger partial charge in [-0.15, -0.1) is 0 Å². The zero-order chi connectivity index (χ0) is 23.7. The van der Waals surface area contributed by atoms with Gasteiger partial charge in [-0.05, 0) is 47.5 Å². The first-order valence-corrected chi connectivity index (χ1v) is 12.3. The monoisotopic (exact) mass is 512 g/mol. The van der Waals surface area contributed by atoms with Gasteiger partial charge in [0.2, 0.25) is 0 Å². The number of benzene rings is 3. The van der Waals surface area contributed by atoms with E-state index in [0.29, 0.717) is 34.0 Å². The summed E-state index contributed by atoms with van der Waals surface area (Å²) in [4.78, 5) is 22.8. The quantitative estimate of drug-likeness (QED) is 0.452. The van der Waals surface area contributed by atoms with Crippen LogP contribution in [0.15, 0.2) is 77.8 Å². The van der Waals surface area contributed by atoms with Gasteiger partial charge in [-0.25, -0.2) is 4.79 Å². The molecule has 1 N–H and O–H groups in total. The van der Waals surface area contributed by atoms with E-state index in [-0.39, 0.29) is 18.1 Å². The number of carbonyl (C=O) groups excluding carboxylic acids is 1. The molecule has 0 aliphatic carbocycles. The van der Waals surface area contributed by atoms with Gasteiger partial charge >= 0.3 is 6.03 Å². The number of aliphatic imine (C=N–C) groups is 1. The van der Waals surface area contributed by atoms with Crippen LogP contribution in [-0.4, -0.2) is 47.8 Å². The molecular formula is C26H23Cl3N4O. The van der Waals surface area contributed by atoms with Crippen molar-refractivity contribution < 1.29 is 4.79 Å². The normalized spacial score (nSPS) is 20.4. The highest BCUT2D eigenvalue weighted by Gasteiger charge is 2.44. The average molecular weight is 514 g/mol. The number of amidine groups is 1. The van der Waals surface area contributed by atoms with E-state index in [2.05, 4.69) is 5.32 Å². The molecule has 174 valence electrons. The Kier molecular flexibility index (Phi) is 6.79. The minimum absolute atomic E-state index is 0.0865. The van der Waals surface area contributed by atoms with Crippen LogP contribution in [0.2, 0.25) is 15.1 Å². The second kappa shape index (κ2) is 9.96. The Hall–Kier alpha value is -2.57. The molecule has 5 nitrogen and oxygen atoms in total. The molecule has 34 heavy (non-hydrogen) atoms. The summed E-state index contributed by atoms with van der Waals surface area (Å²) in [5.74, 6) is 0.564. The van der Waals surface area contributed by atoms with Gasteiger partial charge in [0.05, 0.1) is 11.1 Å². The minimum Gasteiger partial charge on any atom is -0.322 e. The summed E-state index contributed by atoms with van der Waals surface area (Å²) in [6, 6.07) is 21.9. The number of nitrogens with zero attached hydrogens (tertiary/aromatic N) is 3. The fraction of sp³-hybridized carbons (Fsp3) is 0.231. The third kappa shape index (κ3) is 4.53. The van der Waals surface area contributed by atoms with Crippen molar-refractivity contribution in [3.8, 4) is 0 Å². The van der Waals surface area contributed by atoms with Crippen molar-refractivity contribution in [3.63, 3.8) is 0 Å². The third-order valence-corrected chi connectivity index (χ3v) is 7.03. The van der Waals surface area contributed by atoms with Crippen LogP contribution < -0.4 is 5.32 Å². The molecule has 8 heteroatoms. The molecule has 0 bridgehead atoms. The molecule has 0 unspecified atom stereocenters. The topological polar surface area (TPSA) is 47.9 Å². The van der Waals surface area contributed by atoms with Crippen LogP contribution in [0.4, 0.5) is 4.79 Å². The van der Waals surface area contributed by atoms with Crippen molar-refractivity contribution in [2.75, 3.05) is 26.2 Å². The summed E-state index contributed by atoms with van der Waals surface area (Å²) in [5, 5.41) is 5.14. The van der Waals surface area contributed by atoms with Crippen LogP contribution in [0.25, 0.3) is 0 Å². The molecule has 0 radical (unpaired) electrons. The number of rotatable bonds is 3. The van der Waals surface area contributed by atoms with Gasteiger partial charge in [0, 0.05) is 41.8 Å². The highest BCUT2D eigenvalue weighted by molar-refractivity contribution is 6.34. The Morgan fingerprint density at radius 3 is 2.03 bits per heavy atom. The van der Waals surface area contributed by atoms with E-state index in [4.69, 9.17) is 39.8 Å². The molecule has 0 saturated carbocycles. The molecular weight excluding hydrogens is 491 g/mol. The van der Waals surface area contributed by atoms with Crippen molar-refractivity contribution in [1.29, 1.82) is 0 Å². The van der Waals surface area contributed by atoms with Gasteiger partial charge in [0.15, 0.2) is 0 Å². The van der Waals surface area contributed by atoms with Crippen molar-refractivity contribution in [2.24, 2.45) is 4.99 Å². The summed E-state index contributed by atoms with van der Waals surface area (Å²) in [7, 11) is 0. The molecule has 0 aromatic heterocycles. The average Bonchev–Trinajstić information content (AvgIpc) is 3.25. The Bertz CT molecular complexity index is 1210. The minimum atomic E-state index is -0.368. The molecule has 2 amide bonds. The van der Waals surface area contributed by atoms with E-state index in [1.807, 2.05) is 77.7 Å². The van der Waals surface area contributed by atoms with Crippen molar-refractivity contribution in [3.05, 3.63) is 105 Å². The lowest BCUT2D eigenvalue weighted by atomic mass is 9.93. The first kappa shape index (κ1) is 23.2. The molecule has 5 rings (SSSR count). The largest absolute Gasteiger partial charge is 0.326 e. The number of carbonyl (C=O) groups is 1. The van der Waals surface area contributed by atoms with E-state index in [9.17, 15) is 4.79 Å². The Balaban J connectivity index is 1.67. The molecule has 3 aromatic carbocycles. The van der Waals surface area contributed by atoms with Gasteiger partial charge < -0.3 is 10.2 Å². The lowest BCUT2D eigenvalue weighted by molar-refractivity contribution is 0.157. The lowest BCUT2D eigenvalue weighted by Gasteiger charge is -2.36. The maximum atomic E-state index is 14.0. The zero-order valence-electron chi connectivity index (χ0n) is 18.3. The highest BCUT2D eigenvalue weighted by Crippen LogP contribution is 2.45. The van der Waals surface area contributed by atoms with E-state index in [0.717, 1.165) is 29.8 Å². The molecule has 2 aliphatic heterocycles. The smallest absolute Gasteiger partial charge is 0.322 e. The van der Waals surface area contributed by atoms with E-state index in [1.165, 1.54) is 0 Å². The van der Waals surface area contributed by atoms with Crippen molar-refractivity contribution in [1.82, 2.24) is 15.1 Å². The maximum Gasteiger partial charge on any atom is 0.326 e. The molecule has 1 fully saturated rings. The summed E-state index contributed by atoms with van der Waals surface area (Å²) in [6.07, 6.45) is 0. The fourth-order valence-electron chi connectivity index (χ4n) is 4.51. The van der Waals surface area contributed by atoms with E-state index < -0.39 is 0 Å². The van der Waals surface area contributed by atoms with E-state index in [1.54, 1.807) is 4.90 Å². The van der Waals surface area contributed by atoms with E-state index >= 15 is 0 Å². The predicted molar refractivity (Wildman–Crippen MR) is 138 cm³/mol. The Labute approximate surface area is 213 Å². The molecule has 2 atom stereocenters. The SMILES string of the molecule is O=C(N1CCNCC1)N1C(c2ccccc2Cl)=N[C@H](c2ccc(Cl)cc2)[C@@H]1c1ccc(Cl)cc1. The highest BCUT2D eigenvalue weighted by atomic mass is 35.5. The van der Waals surface area contributed by atoms with Crippen LogP contribution in [0.5, 0.6) is 0 Å². The third-order valence-electron chi connectivity index (χ3n) is 6.20. The number of nitrogens with one attached hydrogen (secondary N) is 1. The van der Waals surface area contributed by atoms with Gasteiger partial charge in [0.25, 0.3) is 0 Å². The first-order valence-electron chi connectivity index (χ1n) is 11.2. The van der Waals surface area contributed by atoms with Gasteiger partial charge in [0.1, 0.15) is 11.9 Å². The Morgan fingerprint density at radius 2 is 1.41 bits per heavy atom. The molecule has 0 spiro atoms. The second-order valence-corrected chi connectivity index (χ2v) is 9.60. The van der Waals surface area contributed by atoms with Crippen LogP contribution in [-0.2, 0) is 0 Å². The standard InChI is InChI=1S/C26H23Cl3N4O/c27-19-9-5-17(6-10-19)23-24(18-7-11-20(28)12-8-18)33(26(34)32-15-13-30-14-16-32)25(31-23)21-3-1-2-4-22(21)29/h1-12,23-24,30H,13-16H2/t23-,24+/m1/s1. The maximum absolute atomic E-state index is 14.0. The van der Waals surface area contributed by atoms with Gasteiger partial charge in [-0.1, -0.05) is 71.2 Å². The van der Waals surface area contributed by atoms with Crippen LogP contribution in [0.1, 0.15) is 28.8 Å². The number of halogens is 3. The molecule has 3 aromatic rings. The number of amides is 2. The lowest BCUT2D eigenvalue weighted by Crippen LogP contribution is -2.53. The van der Waals surface area contributed by atoms with Crippen molar-refractivity contribution >= 4 is 46.7 Å². The van der Waals surface area contributed by atoms with Crippen molar-refractivity contribution in [2.45, 2.75) is 12.1 Å².